The van der Waals surface area contributed by atoms with Crippen molar-refractivity contribution in [3.05, 3.63) is 77.6 Å². The lowest BCUT2D eigenvalue weighted by Crippen LogP contribution is -2.31. The van der Waals surface area contributed by atoms with Crippen molar-refractivity contribution in [3.8, 4) is 0 Å². The summed E-state index contributed by atoms with van der Waals surface area (Å²) in [6, 6.07) is 16.7. The maximum Gasteiger partial charge on any atom is 0.247 e. The molecule has 2 nitrogen and oxygen atoms in total. The first-order valence-corrected chi connectivity index (χ1v) is 7.93. The van der Waals surface area contributed by atoms with Gasteiger partial charge < -0.3 is 4.90 Å². The lowest BCUT2D eigenvalue weighted by molar-refractivity contribution is -0.127. The smallest absolute Gasteiger partial charge is 0.247 e. The normalized spacial score (nSPS) is 14.6. The molecule has 0 radical (unpaired) electrons. The molecule has 2 aromatic carbocycles. The van der Waals surface area contributed by atoms with Gasteiger partial charge in [-0.25, -0.2) is 4.39 Å². The predicted octanol–water partition coefficient (Wildman–Crippen LogP) is 4.42. The second-order valence-corrected chi connectivity index (χ2v) is 5.98. The van der Waals surface area contributed by atoms with Crippen LogP contribution in [0.5, 0.6) is 0 Å². The number of hydrogen-bond acceptors (Lipinski definition) is 1. The van der Waals surface area contributed by atoms with Crippen molar-refractivity contribution in [1.82, 2.24) is 4.90 Å². The van der Waals surface area contributed by atoms with Crippen molar-refractivity contribution in [2.24, 2.45) is 0 Å². The van der Waals surface area contributed by atoms with Crippen molar-refractivity contribution < 1.29 is 9.18 Å². The van der Waals surface area contributed by atoms with Crippen LogP contribution < -0.4 is 0 Å². The van der Waals surface area contributed by atoms with Gasteiger partial charge in [-0.3, -0.25) is 4.79 Å². The van der Waals surface area contributed by atoms with E-state index in [-0.39, 0.29) is 17.8 Å². The molecule has 0 atom stereocenters. The number of carbonyl (C=O) groups is 1. The zero-order valence-electron chi connectivity index (χ0n) is 13.2. The Bertz CT molecular complexity index is 719. The maximum absolute atomic E-state index is 13.9. The average molecular weight is 309 g/mol. The SMILES string of the molecule is C/C(=C/C(=O)N(Cc1ccccc1F)C1CC1)c1ccccc1. The molecular weight excluding hydrogens is 289 g/mol. The van der Waals surface area contributed by atoms with Gasteiger partial charge in [-0.15, -0.1) is 0 Å². The lowest BCUT2D eigenvalue weighted by Gasteiger charge is -2.21. The van der Waals surface area contributed by atoms with Crippen molar-refractivity contribution in [2.45, 2.75) is 32.4 Å². The molecule has 118 valence electrons. The predicted molar refractivity (Wildman–Crippen MR) is 90.1 cm³/mol. The van der Waals surface area contributed by atoms with E-state index in [2.05, 4.69) is 0 Å². The minimum Gasteiger partial charge on any atom is -0.332 e. The minimum atomic E-state index is -0.255. The third kappa shape index (κ3) is 3.86. The number of carbonyl (C=O) groups excluding carboxylic acids is 1. The highest BCUT2D eigenvalue weighted by Crippen LogP contribution is 2.29. The molecule has 0 bridgehead atoms. The van der Waals surface area contributed by atoms with E-state index in [1.807, 2.05) is 37.3 Å². The van der Waals surface area contributed by atoms with Crippen LogP contribution in [-0.4, -0.2) is 16.8 Å². The van der Waals surface area contributed by atoms with Crippen LogP contribution >= 0.6 is 0 Å². The molecule has 0 aliphatic heterocycles. The molecule has 0 unspecified atom stereocenters. The Morgan fingerprint density at radius 2 is 1.78 bits per heavy atom. The first-order valence-electron chi connectivity index (χ1n) is 7.93. The molecular formula is C20H20FNO. The Balaban J connectivity index is 1.79. The third-order valence-electron chi connectivity index (χ3n) is 4.14. The number of benzene rings is 2. The number of amides is 1. The fourth-order valence-electron chi connectivity index (χ4n) is 2.64. The topological polar surface area (TPSA) is 20.3 Å². The summed E-state index contributed by atoms with van der Waals surface area (Å²) in [6.45, 7) is 2.26. The van der Waals surface area contributed by atoms with Crippen LogP contribution in [0, 0.1) is 5.82 Å². The molecule has 23 heavy (non-hydrogen) atoms. The highest BCUT2D eigenvalue weighted by molar-refractivity contribution is 5.95. The van der Waals surface area contributed by atoms with Crippen LogP contribution in [-0.2, 0) is 11.3 Å². The van der Waals surface area contributed by atoms with Crippen LogP contribution in [0.15, 0.2) is 60.7 Å². The minimum absolute atomic E-state index is 0.0443. The van der Waals surface area contributed by atoms with Gasteiger partial charge in [-0.1, -0.05) is 48.5 Å². The zero-order chi connectivity index (χ0) is 16.2. The van der Waals surface area contributed by atoms with Crippen LogP contribution in [0.3, 0.4) is 0 Å². The molecule has 1 aliphatic carbocycles. The quantitative estimate of drug-likeness (QED) is 0.749. The highest BCUT2D eigenvalue weighted by atomic mass is 19.1. The summed E-state index contributed by atoms with van der Waals surface area (Å²) in [5.41, 5.74) is 2.52. The molecule has 3 heteroatoms. The molecule has 0 saturated heterocycles. The van der Waals surface area contributed by atoms with E-state index in [0.717, 1.165) is 24.0 Å². The monoisotopic (exact) mass is 309 g/mol. The first-order chi connectivity index (χ1) is 11.1. The van der Waals surface area contributed by atoms with Crippen LogP contribution in [0.2, 0.25) is 0 Å². The van der Waals surface area contributed by atoms with E-state index in [1.165, 1.54) is 6.07 Å². The van der Waals surface area contributed by atoms with Crippen molar-refractivity contribution in [3.63, 3.8) is 0 Å². The summed E-state index contributed by atoms with van der Waals surface area (Å²) in [5, 5.41) is 0. The van der Waals surface area contributed by atoms with E-state index in [0.29, 0.717) is 12.1 Å². The number of rotatable bonds is 5. The molecule has 2 aromatic rings. The van der Waals surface area contributed by atoms with Crippen LogP contribution in [0.25, 0.3) is 5.57 Å². The fraction of sp³-hybridized carbons (Fsp3) is 0.250. The number of halogens is 1. The summed E-state index contributed by atoms with van der Waals surface area (Å²) >= 11 is 0. The second-order valence-electron chi connectivity index (χ2n) is 5.98. The summed E-state index contributed by atoms with van der Waals surface area (Å²) in [6.07, 6.45) is 3.66. The van der Waals surface area contributed by atoms with E-state index < -0.39 is 0 Å². The van der Waals surface area contributed by atoms with Gasteiger partial charge in [0.1, 0.15) is 5.82 Å². The number of allylic oxidation sites excluding steroid dienone is 1. The molecule has 0 N–H and O–H groups in total. The van der Waals surface area contributed by atoms with Gasteiger partial charge in [0.15, 0.2) is 0 Å². The molecule has 1 amide bonds. The van der Waals surface area contributed by atoms with Gasteiger partial charge >= 0.3 is 0 Å². The molecule has 1 aliphatic rings. The molecule has 0 spiro atoms. The number of nitrogens with zero attached hydrogens (tertiary/aromatic N) is 1. The van der Waals surface area contributed by atoms with Crippen LogP contribution in [0.1, 0.15) is 30.9 Å². The van der Waals surface area contributed by atoms with E-state index in [4.69, 9.17) is 0 Å². The Hall–Kier alpha value is -2.42. The Morgan fingerprint density at radius 1 is 1.13 bits per heavy atom. The van der Waals surface area contributed by atoms with Crippen molar-refractivity contribution >= 4 is 11.5 Å². The van der Waals surface area contributed by atoms with E-state index >= 15 is 0 Å². The molecule has 1 fully saturated rings. The van der Waals surface area contributed by atoms with E-state index in [1.54, 1.807) is 29.2 Å². The van der Waals surface area contributed by atoms with Gasteiger partial charge in [0.05, 0.1) is 0 Å². The van der Waals surface area contributed by atoms with Gasteiger partial charge in [0.25, 0.3) is 0 Å². The van der Waals surface area contributed by atoms with Crippen molar-refractivity contribution in [2.75, 3.05) is 0 Å². The zero-order valence-corrected chi connectivity index (χ0v) is 13.2. The summed E-state index contributed by atoms with van der Waals surface area (Å²) < 4.78 is 13.9. The Morgan fingerprint density at radius 3 is 2.43 bits per heavy atom. The summed E-state index contributed by atoms with van der Waals surface area (Å²) in [4.78, 5) is 14.4. The highest BCUT2D eigenvalue weighted by Gasteiger charge is 2.32. The Labute approximate surface area is 136 Å². The molecule has 1 saturated carbocycles. The lowest BCUT2D eigenvalue weighted by atomic mass is 10.1. The maximum atomic E-state index is 13.9. The third-order valence-corrected chi connectivity index (χ3v) is 4.14. The second kappa shape index (κ2) is 6.78. The molecule has 3 rings (SSSR count). The van der Waals surface area contributed by atoms with Gasteiger partial charge in [-0.05, 0) is 37.0 Å². The largest absolute Gasteiger partial charge is 0.332 e. The summed E-state index contributed by atoms with van der Waals surface area (Å²) in [5.74, 6) is -0.299. The van der Waals surface area contributed by atoms with Gasteiger partial charge in [0.2, 0.25) is 5.91 Å². The van der Waals surface area contributed by atoms with Crippen molar-refractivity contribution in [1.29, 1.82) is 0 Å². The standard InChI is InChI=1S/C20H20FNO/c1-15(16-7-3-2-4-8-16)13-20(23)22(18-11-12-18)14-17-9-5-6-10-19(17)21/h2-10,13,18H,11-12,14H2,1H3/b15-13-. The molecule has 0 heterocycles. The number of hydrogen-bond donors (Lipinski definition) is 0. The van der Waals surface area contributed by atoms with Gasteiger partial charge in [-0.2, -0.15) is 0 Å². The average Bonchev–Trinajstić information content (AvgIpc) is 3.39. The first kappa shape index (κ1) is 15.5. The fourth-order valence-corrected chi connectivity index (χ4v) is 2.64. The Kier molecular flexibility index (Phi) is 4.56. The summed E-state index contributed by atoms with van der Waals surface area (Å²) in [7, 11) is 0. The van der Waals surface area contributed by atoms with E-state index in [9.17, 15) is 9.18 Å². The van der Waals surface area contributed by atoms with Crippen LogP contribution in [0.4, 0.5) is 4.39 Å². The van der Waals surface area contributed by atoms with Gasteiger partial charge in [0, 0.05) is 24.2 Å². The molecule has 0 aromatic heterocycles.